The molecule has 1 fully saturated rings. The van der Waals surface area contributed by atoms with Gasteiger partial charge in [-0.15, -0.1) is 12.4 Å². The number of aromatic amines is 1. The number of likely N-dealkylation sites (tertiary alicyclic amines) is 1. The Labute approximate surface area is 187 Å². The fraction of sp³-hybridized carbons (Fsp3) is 0.333. The maximum absolute atomic E-state index is 8.81. The second kappa shape index (κ2) is 10.1. The van der Waals surface area contributed by atoms with Crippen LogP contribution in [-0.2, 0) is 0 Å². The fourth-order valence-electron chi connectivity index (χ4n) is 3.58. The number of benzene rings is 1. The average molecular weight is 441 g/mol. The summed E-state index contributed by atoms with van der Waals surface area (Å²) < 4.78 is 5.63. The smallest absolute Gasteiger partial charge is 0.158 e. The van der Waals surface area contributed by atoms with Crippen LogP contribution in [0.3, 0.4) is 0 Å². The van der Waals surface area contributed by atoms with Gasteiger partial charge in [0.1, 0.15) is 17.6 Å². The van der Waals surface area contributed by atoms with Crippen LogP contribution < -0.4 is 15.4 Å². The second-order valence-electron chi connectivity index (χ2n) is 7.13. The zero-order valence-corrected chi connectivity index (χ0v) is 18.2. The van der Waals surface area contributed by atoms with Gasteiger partial charge in [0.2, 0.25) is 0 Å². The van der Waals surface area contributed by atoms with Crippen molar-refractivity contribution in [1.82, 2.24) is 25.1 Å². The van der Waals surface area contributed by atoms with Gasteiger partial charge >= 0.3 is 0 Å². The van der Waals surface area contributed by atoms with E-state index in [4.69, 9.17) is 10.00 Å². The van der Waals surface area contributed by atoms with Gasteiger partial charge in [-0.2, -0.15) is 10.4 Å². The molecular formula is C21H25ClN8O. The minimum Gasteiger partial charge on any atom is -0.496 e. The van der Waals surface area contributed by atoms with Crippen LogP contribution >= 0.6 is 12.4 Å². The van der Waals surface area contributed by atoms with E-state index in [2.05, 4.69) is 48.7 Å². The van der Waals surface area contributed by atoms with Gasteiger partial charge in [-0.05, 0) is 25.1 Å². The molecular weight excluding hydrogens is 416 g/mol. The number of hydrogen-bond donors (Lipinski definition) is 3. The molecule has 0 unspecified atom stereocenters. The third-order valence-electron chi connectivity index (χ3n) is 5.18. The Bertz CT molecular complexity index is 1050. The number of nitriles is 1. The molecule has 162 valence electrons. The number of ether oxygens (including phenoxy) is 1. The second-order valence-corrected chi connectivity index (χ2v) is 7.13. The van der Waals surface area contributed by atoms with Gasteiger partial charge in [-0.25, -0.2) is 9.97 Å². The molecule has 3 N–H and O–H groups in total. The van der Waals surface area contributed by atoms with Crippen LogP contribution in [0.5, 0.6) is 5.75 Å². The Morgan fingerprint density at radius 1 is 1.26 bits per heavy atom. The lowest BCUT2D eigenvalue weighted by molar-refractivity contribution is 0.356. The van der Waals surface area contributed by atoms with Crippen molar-refractivity contribution in [2.75, 3.05) is 37.4 Å². The van der Waals surface area contributed by atoms with Crippen molar-refractivity contribution >= 4 is 29.7 Å². The van der Waals surface area contributed by atoms with E-state index in [0.717, 1.165) is 48.7 Å². The molecule has 2 aromatic heterocycles. The highest BCUT2D eigenvalue weighted by molar-refractivity contribution is 5.85. The predicted molar refractivity (Wildman–Crippen MR) is 122 cm³/mol. The lowest BCUT2D eigenvalue weighted by Crippen LogP contribution is -2.25. The van der Waals surface area contributed by atoms with Crippen LogP contribution in [0.4, 0.5) is 17.3 Å². The summed E-state index contributed by atoms with van der Waals surface area (Å²) in [6.45, 7) is 5.48. The van der Waals surface area contributed by atoms with Gasteiger partial charge in [0.25, 0.3) is 0 Å². The topological polar surface area (TPSA) is 115 Å². The number of anilines is 3. The molecule has 1 aliphatic heterocycles. The highest BCUT2D eigenvalue weighted by Gasteiger charge is 2.21. The Balaban J connectivity index is 0.00000272. The maximum atomic E-state index is 8.81. The molecule has 9 nitrogen and oxygen atoms in total. The minimum atomic E-state index is 0. The van der Waals surface area contributed by atoms with Crippen molar-refractivity contribution in [3.05, 3.63) is 42.4 Å². The number of methoxy groups -OCH3 is 1. The molecule has 0 radical (unpaired) electrons. The van der Waals surface area contributed by atoms with Gasteiger partial charge in [0.15, 0.2) is 11.5 Å². The third-order valence-corrected chi connectivity index (χ3v) is 5.18. The Kier molecular flexibility index (Phi) is 7.28. The monoisotopic (exact) mass is 440 g/mol. The van der Waals surface area contributed by atoms with Gasteiger partial charge in [0.05, 0.1) is 25.2 Å². The van der Waals surface area contributed by atoms with E-state index >= 15 is 0 Å². The molecule has 0 spiro atoms. The molecule has 1 aliphatic rings. The predicted octanol–water partition coefficient (Wildman–Crippen LogP) is 3.42. The van der Waals surface area contributed by atoms with Crippen LogP contribution in [0.2, 0.25) is 0 Å². The molecule has 10 heteroatoms. The average Bonchev–Trinajstić information content (AvgIpc) is 3.43. The zero-order chi connectivity index (χ0) is 20.9. The van der Waals surface area contributed by atoms with E-state index in [0.29, 0.717) is 17.7 Å². The van der Waals surface area contributed by atoms with Crippen LogP contribution in [0.1, 0.15) is 19.0 Å². The number of rotatable bonds is 7. The number of H-pyrrole nitrogens is 1. The van der Waals surface area contributed by atoms with Gasteiger partial charge in [0, 0.05) is 42.5 Å². The molecule has 4 rings (SSSR count). The van der Waals surface area contributed by atoms with Crippen molar-refractivity contribution < 1.29 is 4.74 Å². The lowest BCUT2D eigenvalue weighted by Gasteiger charge is -2.17. The Hall–Kier alpha value is -3.35. The van der Waals surface area contributed by atoms with Crippen molar-refractivity contribution in [1.29, 1.82) is 5.26 Å². The molecule has 1 saturated heterocycles. The summed E-state index contributed by atoms with van der Waals surface area (Å²) in [7, 11) is 1.67. The number of nitrogens with one attached hydrogen (secondary N) is 3. The maximum Gasteiger partial charge on any atom is 0.158 e. The first-order valence-electron chi connectivity index (χ1n) is 9.90. The Morgan fingerprint density at radius 2 is 2.13 bits per heavy atom. The number of likely N-dealkylation sites (N-methyl/N-ethyl adjacent to an activating group) is 1. The number of hydrogen-bond acceptors (Lipinski definition) is 8. The Morgan fingerprint density at radius 3 is 2.81 bits per heavy atom. The summed E-state index contributed by atoms with van der Waals surface area (Å²) in [5, 5.41) is 22.8. The summed E-state index contributed by atoms with van der Waals surface area (Å²) in [5.74, 6) is 1.87. The third kappa shape index (κ3) is 5.23. The summed E-state index contributed by atoms with van der Waals surface area (Å²) in [6.07, 6.45) is 4.05. The lowest BCUT2D eigenvalue weighted by atomic mass is 10.1. The van der Waals surface area contributed by atoms with Gasteiger partial charge in [-0.3, -0.25) is 5.10 Å². The summed E-state index contributed by atoms with van der Waals surface area (Å²) in [4.78, 5) is 10.6. The zero-order valence-electron chi connectivity index (χ0n) is 17.4. The first-order chi connectivity index (χ1) is 14.7. The fourth-order valence-corrected chi connectivity index (χ4v) is 3.58. The number of nitrogens with zero attached hydrogens (tertiary/aromatic N) is 5. The molecule has 0 bridgehead atoms. The molecule has 3 heterocycles. The first kappa shape index (κ1) is 22.3. The molecule has 0 aliphatic carbocycles. The van der Waals surface area contributed by atoms with E-state index in [1.54, 1.807) is 7.11 Å². The standard InChI is InChI=1S/C21H24N8O.ClH/c1-3-29-7-6-15(13-29)25-14-4-5-17(19(8-14)30-2)18-9-20(28-27-18)26-21-12-23-16(10-22)11-24-21;/h4-5,8-9,11-12,15,25H,3,6-7,13H2,1-2H3,(H2,24,26,27,28);1H/t15-;/m1./s1. The molecule has 0 amide bonds. The van der Waals surface area contributed by atoms with Crippen molar-refractivity contribution in [2.24, 2.45) is 0 Å². The van der Waals surface area contributed by atoms with E-state index in [1.165, 1.54) is 12.4 Å². The number of halogens is 1. The summed E-state index contributed by atoms with van der Waals surface area (Å²) in [5.41, 5.74) is 3.04. The SMILES string of the molecule is CCN1CC[C@@H](Nc2ccc(-c3cc(Nc4cnc(C#N)cn4)n[nH]3)c(OC)c2)C1.Cl. The van der Waals surface area contributed by atoms with E-state index in [9.17, 15) is 0 Å². The normalized spacial score (nSPS) is 15.7. The quantitative estimate of drug-likeness (QED) is 0.512. The van der Waals surface area contributed by atoms with Crippen LogP contribution in [0, 0.1) is 11.3 Å². The molecule has 1 atom stereocenters. The van der Waals surface area contributed by atoms with E-state index in [1.807, 2.05) is 24.3 Å². The largest absolute Gasteiger partial charge is 0.496 e. The van der Waals surface area contributed by atoms with Gasteiger partial charge in [-0.1, -0.05) is 6.92 Å². The number of aromatic nitrogens is 4. The van der Waals surface area contributed by atoms with Gasteiger partial charge < -0.3 is 20.3 Å². The van der Waals surface area contributed by atoms with Crippen molar-refractivity contribution in [2.45, 2.75) is 19.4 Å². The van der Waals surface area contributed by atoms with Crippen LogP contribution in [-0.4, -0.2) is 57.9 Å². The van der Waals surface area contributed by atoms with Crippen molar-refractivity contribution in [3.63, 3.8) is 0 Å². The highest BCUT2D eigenvalue weighted by atomic mass is 35.5. The van der Waals surface area contributed by atoms with E-state index < -0.39 is 0 Å². The first-order valence-corrected chi connectivity index (χ1v) is 9.90. The van der Waals surface area contributed by atoms with Crippen LogP contribution in [0.15, 0.2) is 36.7 Å². The molecule has 3 aromatic rings. The minimum absolute atomic E-state index is 0. The van der Waals surface area contributed by atoms with Crippen LogP contribution in [0.25, 0.3) is 11.3 Å². The molecule has 1 aromatic carbocycles. The highest BCUT2D eigenvalue weighted by Crippen LogP contribution is 2.33. The summed E-state index contributed by atoms with van der Waals surface area (Å²) >= 11 is 0. The summed E-state index contributed by atoms with van der Waals surface area (Å²) in [6, 6.07) is 10.4. The van der Waals surface area contributed by atoms with E-state index in [-0.39, 0.29) is 18.1 Å². The van der Waals surface area contributed by atoms with Crippen molar-refractivity contribution in [3.8, 4) is 23.1 Å². The molecule has 0 saturated carbocycles. The molecule has 31 heavy (non-hydrogen) atoms.